The molecule has 0 atom stereocenters. The molecule has 80 valence electrons. The van der Waals surface area contributed by atoms with Gasteiger partial charge >= 0.3 is 5.97 Å². The lowest BCUT2D eigenvalue weighted by Gasteiger charge is -2.37. The Kier molecular flexibility index (Phi) is 2.74. The van der Waals surface area contributed by atoms with Crippen LogP contribution in [-0.2, 0) is 9.53 Å². The summed E-state index contributed by atoms with van der Waals surface area (Å²) in [7, 11) is 0. The molecule has 0 unspecified atom stereocenters. The lowest BCUT2D eigenvalue weighted by Crippen LogP contribution is -2.51. The summed E-state index contributed by atoms with van der Waals surface area (Å²) in [5.74, 6) is -0.708. The molecule has 2 rings (SSSR count). The molecule has 1 heterocycles. The predicted octanol–water partition coefficient (Wildman–Crippen LogP) is 0.762. The topological polar surface area (TPSA) is 58.6 Å². The number of carbonyl (C=O) groups is 1. The number of hydrogen-bond acceptors (Lipinski definition) is 3. The van der Waals surface area contributed by atoms with E-state index in [1.54, 1.807) is 0 Å². The zero-order chi connectivity index (χ0) is 10.0. The summed E-state index contributed by atoms with van der Waals surface area (Å²) >= 11 is 0. The van der Waals surface area contributed by atoms with Gasteiger partial charge in [-0.1, -0.05) is 0 Å². The third-order valence-electron chi connectivity index (χ3n) is 3.03. The third-order valence-corrected chi connectivity index (χ3v) is 3.03. The second kappa shape index (κ2) is 3.87. The molecule has 1 saturated heterocycles. The molecule has 0 spiro atoms. The quantitative estimate of drug-likeness (QED) is 0.702. The number of rotatable bonds is 4. The van der Waals surface area contributed by atoms with Crippen LogP contribution in [0, 0.1) is 0 Å². The predicted molar refractivity (Wildman–Crippen MR) is 51.2 cm³/mol. The molecule has 0 bridgehead atoms. The first kappa shape index (κ1) is 9.93. The van der Waals surface area contributed by atoms with Crippen LogP contribution in [0.2, 0.25) is 0 Å². The smallest absolute Gasteiger partial charge is 0.305 e. The molecule has 1 saturated carbocycles. The highest BCUT2D eigenvalue weighted by Crippen LogP contribution is 2.30. The highest BCUT2D eigenvalue weighted by molar-refractivity contribution is 5.68. The van der Waals surface area contributed by atoms with Crippen LogP contribution >= 0.6 is 0 Å². The maximum absolute atomic E-state index is 10.8. The van der Waals surface area contributed by atoms with Gasteiger partial charge in [-0.3, -0.25) is 4.79 Å². The Hall–Kier alpha value is -0.610. The van der Waals surface area contributed by atoms with Crippen molar-refractivity contribution in [1.29, 1.82) is 0 Å². The van der Waals surface area contributed by atoms with Crippen molar-refractivity contribution in [2.75, 3.05) is 13.2 Å². The second-order valence-corrected chi connectivity index (χ2v) is 4.38. The summed E-state index contributed by atoms with van der Waals surface area (Å²) in [4.78, 5) is 10.8. The molecule has 4 heteroatoms. The number of nitrogens with one attached hydrogen (secondary N) is 1. The molecule has 0 aromatic carbocycles. The zero-order valence-corrected chi connectivity index (χ0v) is 8.29. The van der Waals surface area contributed by atoms with Gasteiger partial charge in [0.05, 0.1) is 6.42 Å². The van der Waals surface area contributed by atoms with Crippen molar-refractivity contribution in [2.24, 2.45) is 0 Å². The fourth-order valence-corrected chi connectivity index (χ4v) is 2.08. The first-order valence-electron chi connectivity index (χ1n) is 5.27. The van der Waals surface area contributed by atoms with E-state index in [4.69, 9.17) is 9.84 Å². The maximum atomic E-state index is 10.8. The Balaban J connectivity index is 1.96. The van der Waals surface area contributed by atoms with E-state index in [2.05, 4.69) is 5.32 Å². The van der Waals surface area contributed by atoms with Gasteiger partial charge in [0.15, 0.2) is 0 Å². The Morgan fingerprint density at radius 2 is 2.07 bits per heavy atom. The number of aliphatic carboxylic acids is 1. The van der Waals surface area contributed by atoms with Crippen molar-refractivity contribution < 1.29 is 14.6 Å². The molecule has 2 N–H and O–H groups in total. The van der Waals surface area contributed by atoms with Gasteiger partial charge in [-0.2, -0.15) is 0 Å². The van der Waals surface area contributed by atoms with Crippen LogP contribution in [0.1, 0.15) is 32.1 Å². The molecule has 4 nitrogen and oxygen atoms in total. The molecular weight excluding hydrogens is 182 g/mol. The summed E-state index contributed by atoms with van der Waals surface area (Å²) < 4.78 is 5.28. The van der Waals surface area contributed by atoms with E-state index in [0.717, 1.165) is 12.8 Å². The summed E-state index contributed by atoms with van der Waals surface area (Å²) in [6.45, 7) is 1.38. The Labute approximate surface area is 83.6 Å². The van der Waals surface area contributed by atoms with Gasteiger partial charge in [-0.05, 0) is 25.7 Å². The highest BCUT2D eigenvalue weighted by Gasteiger charge is 2.39. The number of carboxylic acid groups (broad SMARTS) is 1. The van der Waals surface area contributed by atoms with E-state index in [1.807, 2.05) is 0 Å². The fourth-order valence-electron chi connectivity index (χ4n) is 2.08. The average molecular weight is 199 g/mol. The average Bonchev–Trinajstić information content (AvgIpc) is 2.88. The molecule has 2 fully saturated rings. The van der Waals surface area contributed by atoms with Crippen molar-refractivity contribution >= 4 is 5.97 Å². The van der Waals surface area contributed by atoms with Crippen LogP contribution in [0.25, 0.3) is 0 Å². The zero-order valence-electron chi connectivity index (χ0n) is 8.29. The fraction of sp³-hybridized carbons (Fsp3) is 0.900. The molecule has 0 amide bonds. The second-order valence-electron chi connectivity index (χ2n) is 4.38. The maximum Gasteiger partial charge on any atom is 0.305 e. The minimum atomic E-state index is -0.708. The van der Waals surface area contributed by atoms with Gasteiger partial charge in [0.2, 0.25) is 0 Å². The van der Waals surface area contributed by atoms with Gasteiger partial charge in [0.25, 0.3) is 0 Å². The first-order valence-corrected chi connectivity index (χ1v) is 5.27. The number of carboxylic acids is 1. The molecule has 0 aromatic rings. The molecule has 1 aliphatic carbocycles. The molecular formula is C10H17NO3. The van der Waals surface area contributed by atoms with Crippen molar-refractivity contribution in [3.05, 3.63) is 0 Å². The molecule has 14 heavy (non-hydrogen) atoms. The standard InChI is InChI=1S/C10H17NO3/c12-9(13)7-10(11-8-1-2-8)3-5-14-6-4-10/h8,11H,1-7H2,(H,12,13). The molecule has 0 radical (unpaired) electrons. The van der Waals surface area contributed by atoms with E-state index >= 15 is 0 Å². The third kappa shape index (κ3) is 2.45. The van der Waals surface area contributed by atoms with E-state index in [9.17, 15) is 4.79 Å². The van der Waals surface area contributed by atoms with Crippen molar-refractivity contribution in [3.8, 4) is 0 Å². The number of ether oxygens (including phenoxy) is 1. The first-order chi connectivity index (χ1) is 6.70. The highest BCUT2D eigenvalue weighted by atomic mass is 16.5. The van der Waals surface area contributed by atoms with E-state index in [1.165, 1.54) is 12.8 Å². The van der Waals surface area contributed by atoms with Crippen molar-refractivity contribution in [2.45, 2.75) is 43.7 Å². The Morgan fingerprint density at radius 1 is 1.43 bits per heavy atom. The van der Waals surface area contributed by atoms with Gasteiger partial charge in [0.1, 0.15) is 0 Å². The van der Waals surface area contributed by atoms with Crippen LogP contribution in [0.5, 0.6) is 0 Å². The van der Waals surface area contributed by atoms with Crippen molar-refractivity contribution in [1.82, 2.24) is 5.32 Å². The summed E-state index contributed by atoms with van der Waals surface area (Å²) in [6, 6.07) is 0.562. The largest absolute Gasteiger partial charge is 0.481 e. The summed E-state index contributed by atoms with van der Waals surface area (Å²) in [5, 5.41) is 12.4. The SMILES string of the molecule is O=C(O)CC1(NC2CC2)CCOCC1. The Bertz CT molecular complexity index is 219. The molecule has 1 aliphatic heterocycles. The molecule has 0 aromatic heterocycles. The van der Waals surface area contributed by atoms with Gasteiger partial charge < -0.3 is 15.2 Å². The monoisotopic (exact) mass is 199 g/mol. The lowest BCUT2D eigenvalue weighted by molar-refractivity contribution is -0.139. The van der Waals surface area contributed by atoms with Crippen LogP contribution in [0.15, 0.2) is 0 Å². The lowest BCUT2D eigenvalue weighted by atomic mass is 9.86. The van der Waals surface area contributed by atoms with Gasteiger partial charge in [-0.25, -0.2) is 0 Å². The van der Waals surface area contributed by atoms with Gasteiger partial charge in [0, 0.05) is 24.8 Å². The number of hydrogen-bond donors (Lipinski definition) is 2. The summed E-state index contributed by atoms with van der Waals surface area (Å²) in [6.07, 6.45) is 4.28. The van der Waals surface area contributed by atoms with E-state index in [0.29, 0.717) is 19.3 Å². The van der Waals surface area contributed by atoms with E-state index < -0.39 is 5.97 Å². The normalized spacial score (nSPS) is 26.0. The van der Waals surface area contributed by atoms with Crippen molar-refractivity contribution in [3.63, 3.8) is 0 Å². The minimum Gasteiger partial charge on any atom is -0.481 e. The summed E-state index contributed by atoms with van der Waals surface area (Å²) in [5.41, 5.74) is -0.189. The molecule has 2 aliphatic rings. The van der Waals surface area contributed by atoms with Crippen LogP contribution < -0.4 is 5.32 Å². The van der Waals surface area contributed by atoms with Crippen LogP contribution in [0.3, 0.4) is 0 Å². The van der Waals surface area contributed by atoms with Crippen LogP contribution in [0.4, 0.5) is 0 Å². The van der Waals surface area contributed by atoms with Gasteiger partial charge in [-0.15, -0.1) is 0 Å². The minimum absolute atomic E-state index is 0.189. The Morgan fingerprint density at radius 3 is 2.57 bits per heavy atom. The van der Waals surface area contributed by atoms with Crippen LogP contribution in [-0.4, -0.2) is 35.9 Å². The van der Waals surface area contributed by atoms with E-state index in [-0.39, 0.29) is 12.0 Å².